The highest BCUT2D eigenvalue weighted by Gasteiger charge is 2.25. The molecule has 37 heavy (non-hydrogen) atoms. The maximum Gasteiger partial charge on any atom is 0.221 e. The molecule has 11 nitrogen and oxygen atoms in total. The molecular formula is C26H35N9O2. The summed E-state index contributed by atoms with van der Waals surface area (Å²) in [5.74, 6) is 1.45. The number of hydrogen-bond donors (Lipinski definition) is 3. The number of likely N-dealkylation sites (N-methyl/N-ethyl adjacent to an activating group) is 1. The fourth-order valence-electron chi connectivity index (χ4n) is 5.11. The van der Waals surface area contributed by atoms with Gasteiger partial charge >= 0.3 is 0 Å². The predicted molar refractivity (Wildman–Crippen MR) is 144 cm³/mol. The summed E-state index contributed by atoms with van der Waals surface area (Å²) in [6, 6.07) is 1.88. The zero-order valence-electron chi connectivity index (χ0n) is 22.5. The van der Waals surface area contributed by atoms with Crippen molar-refractivity contribution in [1.82, 2.24) is 39.6 Å². The molecule has 4 aromatic heterocycles. The number of ether oxygens (including phenoxy) is 1. The van der Waals surface area contributed by atoms with Crippen molar-refractivity contribution in [2.45, 2.75) is 46.4 Å². The van der Waals surface area contributed by atoms with Crippen LogP contribution in [-0.2, 0) is 13.6 Å². The number of aromatic amines is 1. The van der Waals surface area contributed by atoms with E-state index in [9.17, 15) is 5.11 Å². The second-order valence-corrected chi connectivity index (χ2v) is 9.91. The Morgan fingerprint density at radius 2 is 2.00 bits per heavy atom. The molecule has 196 valence electrons. The number of pyridine rings is 1. The van der Waals surface area contributed by atoms with Crippen molar-refractivity contribution >= 4 is 28.9 Å². The van der Waals surface area contributed by atoms with E-state index in [2.05, 4.69) is 51.6 Å². The third-order valence-corrected chi connectivity index (χ3v) is 6.86. The molecule has 5 rings (SSSR count). The number of aryl methyl sites for hydroxylation is 3. The number of fused-ring (bicyclic) bond motifs is 4. The van der Waals surface area contributed by atoms with Gasteiger partial charge in [-0.2, -0.15) is 15.3 Å². The van der Waals surface area contributed by atoms with Crippen molar-refractivity contribution in [2.24, 2.45) is 7.05 Å². The number of aromatic nitrogens is 7. The van der Waals surface area contributed by atoms with Gasteiger partial charge in [-0.05, 0) is 53.0 Å². The summed E-state index contributed by atoms with van der Waals surface area (Å²) in [7, 11) is 5.82. The van der Waals surface area contributed by atoms with E-state index in [1.165, 1.54) is 0 Å². The van der Waals surface area contributed by atoms with Gasteiger partial charge in [-0.15, -0.1) is 0 Å². The Morgan fingerprint density at radius 3 is 2.73 bits per heavy atom. The lowest BCUT2D eigenvalue weighted by Crippen LogP contribution is -2.32. The minimum atomic E-state index is -0.169. The van der Waals surface area contributed by atoms with Crippen LogP contribution in [0.4, 0.5) is 5.82 Å². The third kappa shape index (κ3) is 4.38. The summed E-state index contributed by atoms with van der Waals surface area (Å²) >= 11 is 0. The monoisotopic (exact) mass is 505 g/mol. The first-order chi connectivity index (χ1) is 17.7. The molecule has 0 saturated carbocycles. The van der Waals surface area contributed by atoms with Crippen LogP contribution in [0, 0.1) is 13.8 Å². The van der Waals surface area contributed by atoms with Crippen molar-refractivity contribution in [2.75, 3.05) is 32.6 Å². The number of aliphatic hydroxyl groups excluding tert-OH is 1. The van der Waals surface area contributed by atoms with Gasteiger partial charge in [-0.3, -0.25) is 19.7 Å². The molecule has 2 atom stereocenters. The zero-order valence-corrected chi connectivity index (χ0v) is 22.5. The van der Waals surface area contributed by atoms with E-state index in [-0.39, 0.29) is 18.8 Å². The van der Waals surface area contributed by atoms with Crippen LogP contribution in [0.3, 0.4) is 0 Å². The van der Waals surface area contributed by atoms with Crippen molar-refractivity contribution in [3.63, 3.8) is 0 Å². The first kappa shape index (κ1) is 25.0. The van der Waals surface area contributed by atoms with E-state index in [0.29, 0.717) is 19.0 Å². The molecule has 0 fully saturated rings. The second kappa shape index (κ2) is 9.64. The van der Waals surface area contributed by atoms with Crippen LogP contribution in [0.5, 0.6) is 5.88 Å². The van der Waals surface area contributed by atoms with Crippen molar-refractivity contribution in [3.05, 3.63) is 34.4 Å². The Hall–Kier alpha value is -3.70. The fourth-order valence-corrected chi connectivity index (χ4v) is 5.11. The summed E-state index contributed by atoms with van der Waals surface area (Å²) in [6.07, 6.45) is 3.97. The van der Waals surface area contributed by atoms with Crippen LogP contribution in [0.1, 0.15) is 48.2 Å². The van der Waals surface area contributed by atoms with Crippen LogP contribution in [-0.4, -0.2) is 78.1 Å². The highest BCUT2D eigenvalue weighted by Crippen LogP contribution is 2.36. The Kier molecular flexibility index (Phi) is 6.50. The maximum absolute atomic E-state index is 9.93. The predicted octanol–water partition coefficient (Wildman–Crippen LogP) is 3.15. The molecule has 11 heteroatoms. The number of nitrogens with one attached hydrogen (secondary N) is 2. The number of anilines is 1. The molecule has 0 unspecified atom stereocenters. The SMILES string of the molecule is CNc1nn([C@@H](C)CO)c2c1/C=C/c1[nH]nc3c(C)nc(cc13)-c1c(C)nn(C)c1O[C@@H](C)CN(C)C2. The largest absolute Gasteiger partial charge is 0.473 e. The van der Waals surface area contributed by atoms with Gasteiger partial charge in [-0.1, -0.05) is 0 Å². The average Bonchev–Trinajstić information content (AvgIpc) is 3.50. The molecule has 3 N–H and O–H groups in total. The number of H-pyrrole nitrogens is 1. The first-order valence-electron chi connectivity index (χ1n) is 12.5. The summed E-state index contributed by atoms with van der Waals surface area (Å²) < 4.78 is 10.2. The zero-order chi connectivity index (χ0) is 26.4. The normalized spacial score (nSPS) is 18.1. The van der Waals surface area contributed by atoms with Gasteiger partial charge in [0.15, 0.2) is 5.82 Å². The van der Waals surface area contributed by atoms with Crippen LogP contribution in [0.25, 0.3) is 34.3 Å². The molecule has 0 aliphatic carbocycles. The van der Waals surface area contributed by atoms with Gasteiger partial charge in [0.2, 0.25) is 5.88 Å². The lowest BCUT2D eigenvalue weighted by atomic mass is 10.1. The van der Waals surface area contributed by atoms with Gasteiger partial charge in [0, 0.05) is 38.1 Å². The number of aliphatic hydroxyl groups is 1. The molecular weight excluding hydrogens is 470 g/mol. The summed E-state index contributed by atoms with van der Waals surface area (Å²) in [6.45, 7) is 9.26. The maximum atomic E-state index is 9.93. The Morgan fingerprint density at radius 1 is 1.22 bits per heavy atom. The molecule has 0 aromatic carbocycles. The van der Waals surface area contributed by atoms with Gasteiger partial charge < -0.3 is 15.2 Å². The Labute approximate surface area is 216 Å². The average molecular weight is 506 g/mol. The molecule has 0 saturated heterocycles. The van der Waals surface area contributed by atoms with E-state index in [1.54, 1.807) is 4.68 Å². The second-order valence-electron chi connectivity index (χ2n) is 9.91. The molecule has 5 heterocycles. The molecule has 2 bridgehead atoms. The topological polar surface area (TPSA) is 122 Å². The summed E-state index contributed by atoms with van der Waals surface area (Å²) in [4.78, 5) is 7.09. The van der Waals surface area contributed by atoms with E-state index in [4.69, 9.17) is 14.8 Å². The number of nitrogens with zero attached hydrogens (tertiary/aromatic N) is 7. The number of hydrogen-bond acceptors (Lipinski definition) is 8. The van der Waals surface area contributed by atoms with E-state index in [0.717, 1.165) is 56.3 Å². The highest BCUT2D eigenvalue weighted by atomic mass is 16.5. The standard InChI is InChI=1S/C26H35N9O2/c1-14(13-36)35-22-12-33(6)11-15(2)37-26-23(16(3)31-34(26)7)21-10-19-20(29-30-24(19)17(4)28-21)9-8-18(22)25(27-5)32-35/h8-10,14-15,36H,11-13H2,1-7H3,(H,27,32)(H,29,30)/b9-8+/t14-,15-/m0/s1. The van der Waals surface area contributed by atoms with Gasteiger partial charge in [0.05, 0.1) is 46.7 Å². The summed E-state index contributed by atoms with van der Waals surface area (Å²) in [5, 5.41) is 31.3. The van der Waals surface area contributed by atoms with E-state index >= 15 is 0 Å². The lowest BCUT2D eigenvalue weighted by Gasteiger charge is -2.24. The summed E-state index contributed by atoms with van der Waals surface area (Å²) in [5.41, 5.74) is 7.05. The Bertz CT molecular complexity index is 1480. The molecule has 4 aromatic rings. The van der Waals surface area contributed by atoms with Crippen LogP contribution in [0.2, 0.25) is 0 Å². The molecule has 1 aliphatic rings. The van der Waals surface area contributed by atoms with Crippen molar-refractivity contribution in [1.29, 1.82) is 0 Å². The van der Waals surface area contributed by atoms with Crippen LogP contribution < -0.4 is 10.1 Å². The number of rotatable bonds is 3. The van der Waals surface area contributed by atoms with Crippen molar-refractivity contribution < 1.29 is 9.84 Å². The third-order valence-electron chi connectivity index (χ3n) is 6.86. The fraction of sp³-hybridized carbons (Fsp3) is 0.462. The van der Waals surface area contributed by atoms with Crippen LogP contribution >= 0.6 is 0 Å². The van der Waals surface area contributed by atoms with E-state index in [1.807, 2.05) is 45.6 Å². The van der Waals surface area contributed by atoms with Gasteiger partial charge in [-0.25, -0.2) is 4.68 Å². The molecule has 1 aliphatic heterocycles. The minimum Gasteiger partial charge on any atom is -0.473 e. The highest BCUT2D eigenvalue weighted by molar-refractivity contribution is 5.94. The minimum absolute atomic E-state index is 0.00687. The quantitative estimate of drug-likeness (QED) is 0.388. The van der Waals surface area contributed by atoms with Gasteiger partial charge in [0.1, 0.15) is 11.6 Å². The van der Waals surface area contributed by atoms with E-state index < -0.39 is 0 Å². The molecule has 0 amide bonds. The van der Waals surface area contributed by atoms with Gasteiger partial charge in [0.25, 0.3) is 0 Å². The lowest BCUT2D eigenvalue weighted by molar-refractivity contribution is 0.145. The Balaban J connectivity index is 1.75. The first-order valence-corrected chi connectivity index (χ1v) is 12.5. The van der Waals surface area contributed by atoms with Crippen molar-refractivity contribution in [3.8, 4) is 17.1 Å². The smallest absolute Gasteiger partial charge is 0.221 e. The molecule has 0 radical (unpaired) electrons. The van der Waals surface area contributed by atoms with Crippen LogP contribution in [0.15, 0.2) is 6.07 Å². The molecule has 0 spiro atoms.